The molecule has 0 amide bonds. The first-order chi connectivity index (χ1) is 7.83. The number of halogens is 3. The molecule has 0 unspecified atom stereocenters. The topological polar surface area (TPSA) is 35.5 Å². The van der Waals surface area contributed by atoms with E-state index in [1.165, 1.54) is 0 Å². The molecule has 17 heavy (non-hydrogen) atoms. The molecule has 0 saturated heterocycles. The van der Waals surface area contributed by atoms with Gasteiger partial charge in [-0.25, -0.2) is 0 Å². The molecule has 3 nitrogen and oxygen atoms in total. The van der Waals surface area contributed by atoms with Crippen LogP contribution in [0.15, 0.2) is 0 Å². The maximum Gasteiger partial charge on any atom is 0.400 e. The lowest BCUT2D eigenvalue weighted by Crippen LogP contribution is -2.17. The minimum Gasteiger partial charge on any atom is -0.308 e. The predicted octanol–water partition coefficient (Wildman–Crippen LogP) is 4.38. The van der Waals surface area contributed by atoms with Crippen LogP contribution in [0.4, 0.5) is 13.2 Å². The van der Waals surface area contributed by atoms with Crippen LogP contribution in [-0.4, -0.2) is 25.6 Å². The maximum atomic E-state index is 12.2. The predicted molar refractivity (Wildman–Crippen MR) is 60.2 cm³/mol. The Hall–Kier alpha value is -0.0600. The first-order valence-electron chi connectivity index (χ1n) is 5.78. The third-order valence-corrected chi connectivity index (χ3v) is 3.84. The fourth-order valence-corrected chi connectivity index (χ4v) is 2.55. The highest BCUT2D eigenvalue weighted by molar-refractivity contribution is 7.53. The van der Waals surface area contributed by atoms with Crippen molar-refractivity contribution >= 4 is 7.60 Å². The minimum absolute atomic E-state index is 0.0377. The molecule has 104 valence electrons. The highest BCUT2D eigenvalue weighted by atomic mass is 31.2. The van der Waals surface area contributed by atoms with Gasteiger partial charge in [0.1, 0.15) is 6.16 Å². The van der Waals surface area contributed by atoms with Gasteiger partial charge in [-0.3, -0.25) is 4.57 Å². The number of hydrogen-bond acceptors (Lipinski definition) is 3. The quantitative estimate of drug-likeness (QED) is 0.463. The molecule has 0 bridgehead atoms. The molecule has 0 rings (SSSR count). The van der Waals surface area contributed by atoms with Crippen LogP contribution in [0.5, 0.6) is 0 Å². The second kappa shape index (κ2) is 8.11. The van der Waals surface area contributed by atoms with Crippen molar-refractivity contribution in [2.45, 2.75) is 45.7 Å². The third-order valence-electron chi connectivity index (χ3n) is 1.94. The molecular formula is C10H20F3O3P. The number of hydrogen-bond donors (Lipinski definition) is 0. The Balaban J connectivity index is 4.30. The Morgan fingerprint density at radius 2 is 1.41 bits per heavy atom. The van der Waals surface area contributed by atoms with E-state index in [-0.39, 0.29) is 13.2 Å². The lowest BCUT2D eigenvalue weighted by molar-refractivity contribution is -0.110. The van der Waals surface area contributed by atoms with E-state index in [1.807, 2.05) is 13.8 Å². The van der Waals surface area contributed by atoms with Gasteiger partial charge in [-0.05, 0) is 12.8 Å². The van der Waals surface area contributed by atoms with Gasteiger partial charge in [0.05, 0.1) is 13.2 Å². The summed E-state index contributed by atoms with van der Waals surface area (Å²) in [6, 6.07) is 0. The molecule has 0 aromatic rings. The van der Waals surface area contributed by atoms with Gasteiger partial charge < -0.3 is 9.05 Å². The molecular weight excluding hydrogens is 256 g/mol. The van der Waals surface area contributed by atoms with E-state index >= 15 is 0 Å². The van der Waals surface area contributed by atoms with Crippen LogP contribution >= 0.6 is 7.60 Å². The van der Waals surface area contributed by atoms with Crippen LogP contribution in [0.3, 0.4) is 0 Å². The Labute approximate surface area is 100 Å². The largest absolute Gasteiger partial charge is 0.400 e. The summed E-state index contributed by atoms with van der Waals surface area (Å²) in [5, 5.41) is 0. The summed E-state index contributed by atoms with van der Waals surface area (Å²) in [5.41, 5.74) is 0. The zero-order chi connectivity index (χ0) is 13.4. The summed E-state index contributed by atoms with van der Waals surface area (Å²) in [6.07, 6.45) is -3.37. The smallest absolute Gasteiger partial charge is 0.308 e. The zero-order valence-corrected chi connectivity index (χ0v) is 11.2. The Kier molecular flexibility index (Phi) is 8.09. The molecule has 0 aromatic carbocycles. The van der Waals surface area contributed by atoms with E-state index in [0.29, 0.717) is 12.8 Å². The van der Waals surface area contributed by atoms with Crippen LogP contribution in [0.25, 0.3) is 0 Å². The number of alkyl halides is 3. The standard InChI is InChI=1S/C10H20F3O3P/c1-3-5-7-15-17(14,9-10(11,12)13)16-8-6-4-2/h3-9H2,1-2H3. The molecule has 0 aromatic heterocycles. The van der Waals surface area contributed by atoms with E-state index < -0.39 is 19.9 Å². The molecule has 0 spiro atoms. The fraction of sp³-hybridized carbons (Fsp3) is 1.00. The summed E-state index contributed by atoms with van der Waals surface area (Å²) in [5.74, 6) is 0. The summed E-state index contributed by atoms with van der Waals surface area (Å²) < 4.78 is 58.1. The van der Waals surface area contributed by atoms with Crippen molar-refractivity contribution in [3.8, 4) is 0 Å². The lowest BCUT2D eigenvalue weighted by atomic mass is 10.4. The van der Waals surface area contributed by atoms with Gasteiger partial charge in [0, 0.05) is 0 Å². The van der Waals surface area contributed by atoms with Gasteiger partial charge in [-0.2, -0.15) is 13.2 Å². The fourth-order valence-electron chi connectivity index (χ4n) is 1.04. The van der Waals surface area contributed by atoms with Crippen molar-refractivity contribution < 1.29 is 26.8 Å². The molecule has 0 atom stereocenters. The maximum absolute atomic E-state index is 12.2. The average molecular weight is 276 g/mol. The van der Waals surface area contributed by atoms with Crippen molar-refractivity contribution in [3.05, 3.63) is 0 Å². The van der Waals surface area contributed by atoms with Gasteiger partial charge in [-0.15, -0.1) is 0 Å². The molecule has 0 heterocycles. The zero-order valence-electron chi connectivity index (χ0n) is 10.3. The SMILES string of the molecule is CCCCOP(=O)(CC(F)(F)F)OCCCC. The molecule has 0 N–H and O–H groups in total. The van der Waals surface area contributed by atoms with E-state index in [1.54, 1.807) is 0 Å². The monoisotopic (exact) mass is 276 g/mol. The third kappa shape index (κ3) is 9.62. The average Bonchev–Trinajstić information content (AvgIpc) is 2.15. The first kappa shape index (κ1) is 16.9. The van der Waals surface area contributed by atoms with Gasteiger partial charge >= 0.3 is 13.8 Å². The normalized spacial score (nSPS) is 13.0. The molecule has 0 radical (unpaired) electrons. The molecule has 0 fully saturated rings. The van der Waals surface area contributed by atoms with Crippen molar-refractivity contribution in [3.63, 3.8) is 0 Å². The molecule has 0 aliphatic carbocycles. The van der Waals surface area contributed by atoms with Crippen LogP contribution in [0, 0.1) is 0 Å². The van der Waals surface area contributed by atoms with E-state index in [9.17, 15) is 17.7 Å². The summed E-state index contributed by atoms with van der Waals surface area (Å²) in [4.78, 5) is 0. The van der Waals surface area contributed by atoms with E-state index in [4.69, 9.17) is 9.05 Å². The van der Waals surface area contributed by atoms with Gasteiger partial charge in [0.2, 0.25) is 0 Å². The first-order valence-corrected chi connectivity index (χ1v) is 7.50. The second-order valence-corrected chi connectivity index (χ2v) is 5.81. The Morgan fingerprint density at radius 3 is 1.71 bits per heavy atom. The van der Waals surface area contributed by atoms with Crippen molar-refractivity contribution in [2.24, 2.45) is 0 Å². The highest BCUT2D eigenvalue weighted by Crippen LogP contribution is 2.52. The summed E-state index contributed by atoms with van der Waals surface area (Å²) in [6.45, 7) is 3.82. The van der Waals surface area contributed by atoms with Gasteiger partial charge in [0.15, 0.2) is 0 Å². The van der Waals surface area contributed by atoms with Crippen LogP contribution in [0.1, 0.15) is 39.5 Å². The summed E-state index contributed by atoms with van der Waals surface area (Å²) >= 11 is 0. The Morgan fingerprint density at radius 1 is 1.00 bits per heavy atom. The molecule has 0 aliphatic heterocycles. The van der Waals surface area contributed by atoms with E-state index in [0.717, 1.165) is 12.8 Å². The van der Waals surface area contributed by atoms with Crippen molar-refractivity contribution in [2.75, 3.05) is 19.4 Å². The van der Waals surface area contributed by atoms with Crippen LogP contribution < -0.4 is 0 Å². The summed E-state index contributed by atoms with van der Waals surface area (Å²) in [7, 11) is -4.03. The molecule has 0 saturated carbocycles. The number of rotatable bonds is 9. The Bertz CT molecular complexity index is 229. The number of unbranched alkanes of at least 4 members (excludes halogenated alkanes) is 2. The second-order valence-electron chi connectivity index (χ2n) is 3.76. The van der Waals surface area contributed by atoms with Crippen molar-refractivity contribution in [1.29, 1.82) is 0 Å². The van der Waals surface area contributed by atoms with Gasteiger partial charge in [-0.1, -0.05) is 26.7 Å². The van der Waals surface area contributed by atoms with Crippen LogP contribution in [-0.2, 0) is 13.6 Å². The molecule has 0 aliphatic rings. The lowest BCUT2D eigenvalue weighted by Gasteiger charge is -2.19. The van der Waals surface area contributed by atoms with Gasteiger partial charge in [0.25, 0.3) is 0 Å². The minimum atomic E-state index is -4.53. The van der Waals surface area contributed by atoms with E-state index in [2.05, 4.69) is 0 Å². The highest BCUT2D eigenvalue weighted by Gasteiger charge is 2.41. The van der Waals surface area contributed by atoms with Crippen LogP contribution in [0.2, 0.25) is 0 Å². The molecule has 7 heteroatoms. The van der Waals surface area contributed by atoms with Crippen molar-refractivity contribution in [1.82, 2.24) is 0 Å².